The lowest BCUT2D eigenvalue weighted by molar-refractivity contribution is 0.422. The van der Waals surface area contributed by atoms with Gasteiger partial charge in [-0.15, -0.1) is 21.5 Å². The Kier molecular flexibility index (Phi) is 5.16. The first-order valence-corrected chi connectivity index (χ1v) is 10.7. The molecule has 0 radical (unpaired) electrons. The van der Waals surface area contributed by atoms with Gasteiger partial charge in [-0.05, 0) is 41.8 Å². The summed E-state index contributed by atoms with van der Waals surface area (Å²) in [5.41, 5.74) is 0.734. The monoisotopic (exact) mass is 455 g/mol. The number of hydrogen-bond acceptors (Lipinski definition) is 8. The highest BCUT2D eigenvalue weighted by molar-refractivity contribution is 7.80. The fourth-order valence-electron chi connectivity index (χ4n) is 3.02. The maximum atomic E-state index is 6.07. The van der Waals surface area contributed by atoms with Crippen LogP contribution in [0.25, 0.3) is 22.2 Å². The van der Waals surface area contributed by atoms with Gasteiger partial charge in [0.15, 0.2) is 17.5 Å². The standard InChI is InChI=1S/C20H14ClN5O2S2/c21-13-5-1-4-12(10-13)20-22-17(25-28-20)16(29)19-24-23-18(15-7-3-9-30-15)26(19)11-14-6-2-8-27-14/h1-10,16,29H,11H2. The molecular formula is C20H14ClN5O2S2. The van der Waals surface area contributed by atoms with Crippen molar-refractivity contribution in [2.45, 2.75) is 11.8 Å². The summed E-state index contributed by atoms with van der Waals surface area (Å²) in [6.45, 7) is 0.457. The van der Waals surface area contributed by atoms with Crippen molar-refractivity contribution in [1.29, 1.82) is 0 Å². The Morgan fingerprint density at radius 2 is 2.07 bits per heavy atom. The molecule has 5 rings (SSSR count). The molecule has 0 spiro atoms. The molecule has 0 amide bonds. The minimum atomic E-state index is -0.544. The van der Waals surface area contributed by atoms with E-state index in [9.17, 15) is 0 Å². The summed E-state index contributed by atoms with van der Waals surface area (Å²) in [7, 11) is 0. The van der Waals surface area contributed by atoms with Gasteiger partial charge in [0.1, 0.15) is 11.0 Å². The summed E-state index contributed by atoms with van der Waals surface area (Å²) in [5, 5.41) is 14.9. The fraction of sp³-hybridized carbons (Fsp3) is 0.100. The molecule has 1 aromatic carbocycles. The van der Waals surface area contributed by atoms with Gasteiger partial charge in [0.2, 0.25) is 0 Å². The molecule has 1 unspecified atom stereocenters. The molecule has 0 N–H and O–H groups in total. The Balaban J connectivity index is 1.52. The summed E-state index contributed by atoms with van der Waals surface area (Å²) >= 11 is 12.4. The van der Waals surface area contributed by atoms with Crippen LogP contribution < -0.4 is 0 Å². The molecule has 0 saturated heterocycles. The highest BCUT2D eigenvalue weighted by Gasteiger charge is 2.26. The van der Waals surface area contributed by atoms with Gasteiger partial charge in [0.25, 0.3) is 5.89 Å². The third kappa shape index (κ3) is 3.67. The van der Waals surface area contributed by atoms with Crippen LogP contribution in [0.15, 0.2) is 69.1 Å². The second-order valence-electron chi connectivity index (χ2n) is 6.40. The van der Waals surface area contributed by atoms with Gasteiger partial charge < -0.3 is 13.5 Å². The Morgan fingerprint density at radius 3 is 2.83 bits per heavy atom. The highest BCUT2D eigenvalue weighted by atomic mass is 35.5. The average molecular weight is 456 g/mol. The van der Waals surface area contributed by atoms with E-state index in [1.165, 1.54) is 0 Å². The Bertz CT molecular complexity index is 1260. The van der Waals surface area contributed by atoms with Crippen molar-refractivity contribution in [3.05, 3.63) is 82.6 Å². The van der Waals surface area contributed by atoms with Crippen LogP contribution in [0.2, 0.25) is 5.02 Å². The molecule has 4 aromatic heterocycles. The number of nitrogens with zero attached hydrogens (tertiary/aromatic N) is 5. The van der Waals surface area contributed by atoms with Crippen LogP contribution in [0.1, 0.15) is 22.7 Å². The van der Waals surface area contributed by atoms with Crippen LogP contribution in [0, 0.1) is 0 Å². The first-order chi connectivity index (χ1) is 14.7. The maximum absolute atomic E-state index is 6.07. The lowest BCUT2D eigenvalue weighted by Crippen LogP contribution is -2.10. The summed E-state index contributed by atoms with van der Waals surface area (Å²) in [5.74, 6) is 2.86. The van der Waals surface area contributed by atoms with Crippen molar-refractivity contribution < 1.29 is 8.94 Å². The minimum Gasteiger partial charge on any atom is -0.467 e. The van der Waals surface area contributed by atoms with Crippen LogP contribution >= 0.6 is 35.6 Å². The third-order valence-electron chi connectivity index (χ3n) is 4.42. The quantitative estimate of drug-likeness (QED) is 0.346. The van der Waals surface area contributed by atoms with Crippen molar-refractivity contribution in [2.24, 2.45) is 0 Å². The molecule has 0 bridgehead atoms. The van der Waals surface area contributed by atoms with Crippen molar-refractivity contribution in [2.75, 3.05) is 0 Å². The van der Waals surface area contributed by atoms with E-state index in [4.69, 9.17) is 33.2 Å². The van der Waals surface area contributed by atoms with Crippen molar-refractivity contribution >= 4 is 35.6 Å². The zero-order chi connectivity index (χ0) is 20.5. The van der Waals surface area contributed by atoms with Gasteiger partial charge in [0.05, 0.1) is 17.7 Å². The number of hydrogen-bond donors (Lipinski definition) is 1. The lowest BCUT2D eigenvalue weighted by atomic mass is 10.2. The second kappa shape index (κ2) is 8.10. The number of halogens is 1. The van der Waals surface area contributed by atoms with Gasteiger partial charge in [-0.25, -0.2) is 0 Å². The topological polar surface area (TPSA) is 82.8 Å². The van der Waals surface area contributed by atoms with Gasteiger partial charge in [-0.3, -0.25) is 0 Å². The Hall–Kier alpha value is -2.88. The SMILES string of the molecule is SC(c1noc(-c2cccc(Cl)c2)n1)c1nnc(-c2cccs2)n1Cc1ccco1. The summed E-state index contributed by atoms with van der Waals surface area (Å²) in [4.78, 5) is 5.49. The molecule has 0 aliphatic rings. The van der Waals surface area contributed by atoms with E-state index in [-0.39, 0.29) is 0 Å². The number of aromatic nitrogens is 5. The molecule has 10 heteroatoms. The molecule has 0 aliphatic heterocycles. The molecule has 7 nitrogen and oxygen atoms in total. The summed E-state index contributed by atoms with van der Waals surface area (Å²) in [6.07, 6.45) is 1.64. The predicted octanol–water partition coefficient (Wildman–Crippen LogP) is 5.37. The predicted molar refractivity (Wildman–Crippen MR) is 117 cm³/mol. The molecule has 0 fully saturated rings. The zero-order valence-corrected chi connectivity index (χ0v) is 17.8. The van der Waals surface area contributed by atoms with Crippen molar-refractivity contribution in [1.82, 2.24) is 24.9 Å². The molecule has 5 aromatic rings. The Morgan fingerprint density at radius 1 is 1.13 bits per heavy atom. The lowest BCUT2D eigenvalue weighted by Gasteiger charge is -2.10. The van der Waals surface area contributed by atoms with Gasteiger partial charge in [-0.1, -0.05) is 28.9 Å². The number of furan rings is 1. The van der Waals surface area contributed by atoms with E-state index in [1.54, 1.807) is 29.7 Å². The van der Waals surface area contributed by atoms with Crippen LogP contribution in [-0.2, 0) is 6.54 Å². The Labute approximate surface area is 185 Å². The molecule has 4 heterocycles. The first-order valence-electron chi connectivity index (χ1n) is 8.96. The largest absolute Gasteiger partial charge is 0.467 e. The fourth-order valence-corrected chi connectivity index (χ4v) is 4.22. The molecule has 0 aliphatic carbocycles. The van der Waals surface area contributed by atoms with Crippen molar-refractivity contribution in [3.63, 3.8) is 0 Å². The third-order valence-corrected chi connectivity index (χ3v) is 5.98. The maximum Gasteiger partial charge on any atom is 0.258 e. The normalized spacial score (nSPS) is 12.3. The first kappa shape index (κ1) is 19.1. The van der Waals surface area contributed by atoms with Gasteiger partial charge >= 0.3 is 0 Å². The van der Waals surface area contributed by atoms with E-state index < -0.39 is 5.25 Å². The molecular weight excluding hydrogens is 442 g/mol. The summed E-state index contributed by atoms with van der Waals surface area (Å²) < 4.78 is 12.9. The number of benzene rings is 1. The van der Waals surface area contributed by atoms with Gasteiger partial charge in [0, 0.05) is 10.6 Å². The van der Waals surface area contributed by atoms with E-state index in [0.29, 0.717) is 29.1 Å². The average Bonchev–Trinajstić information content (AvgIpc) is 3.55. The number of rotatable bonds is 6. The molecule has 150 valence electrons. The molecule has 0 saturated carbocycles. The zero-order valence-electron chi connectivity index (χ0n) is 15.3. The summed E-state index contributed by atoms with van der Waals surface area (Å²) in [6, 6.07) is 14.9. The number of thiol groups is 1. The van der Waals surface area contributed by atoms with Crippen molar-refractivity contribution in [3.8, 4) is 22.2 Å². The van der Waals surface area contributed by atoms with Gasteiger partial charge in [-0.2, -0.15) is 17.6 Å². The van der Waals surface area contributed by atoms with E-state index >= 15 is 0 Å². The van der Waals surface area contributed by atoms with E-state index in [2.05, 4.69) is 20.3 Å². The van der Waals surface area contributed by atoms with Crippen LogP contribution in [0.3, 0.4) is 0 Å². The highest BCUT2D eigenvalue weighted by Crippen LogP contribution is 2.32. The van der Waals surface area contributed by atoms with E-state index in [1.807, 2.05) is 46.3 Å². The molecule has 30 heavy (non-hydrogen) atoms. The van der Waals surface area contributed by atoms with Crippen LogP contribution in [0.4, 0.5) is 0 Å². The van der Waals surface area contributed by atoms with E-state index in [0.717, 1.165) is 22.0 Å². The molecule has 1 atom stereocenters. The number of thiophene rings is 1. The van der Waals surface area contributed by atoms with Crippen LogP contribution in [-0.4, -0.2) is 24.9 Å². The van der Waals surface area contributed by atoms with Crippen LogP contribution in [0.5, 0.6) is 0 Å². The smallest absolute Gasteiger partial charge is 0.258 e. The second-order valence-corrected chi connectivity index (χ2v) is 8.30. The minimum absolute atomic E-state index is 0.363.